The van der Waals surface area contributed by atoms with Gasteiger partial charge in [0.05, 0.1) is 4.92 Å². The Bertz CT molecular complexity index is 513. The molecule has 1 aromatic carbocycles. The molecule has 0 saturated heterocycles. The Morgan fingerprint density at radius 3 is 2.59 bits per heavy atom. The lowest BCUT2D eigenvalue weighted by molar-refractivity contribution is -0.387. The second-order valence-corrected chi connectivity index (χ2v) is 5.29. The Kier molecular flexibility index (Phi) is 4.16. The molecule has 1 unspecified atom stereocenters. The smallest absolute Gasteiger partial charge is 0.289 e. The first kappa shape index (κ1) is 13.6. The molecule has 0 heterocycles. The van der Waals surface area contributed by atoms with E-state index in [2.05, 4.69) is 4.72 Å². The van der Waals surface area contributed by atoms with Crippen LogP contribution >= 0.6 is 0 Å². The zero-order valence-corrected chi connectivity index (χ0v) is 9.98. The average molecular weight is 259 g/mol. The van der Waals surface area contributed by atoms with Gasteiger partial charge in [-0.3, -0.25) is 10.1 Å². The molecule has 1 atom stereocenters. The molecule has 0 aliphatic carbocycles. The third-order valence-corrected chi connectivity index (χ3v) is 3.42. The number of nitrogens with zero attached hydrogens (tertiary/aromatic N) is 1. The maximum atomic E-state index is 11.8. The Labute approximate surface area is 98.8 Å². The van der Waals surface area contributed by atoms with Crippen LogP contribution in [0.4, 0.5) is 5.69 Å². The second kappa shape index (κ2) is 5.21. The van der Waals surface area contributed by atoms with E-state index in [0.29, 0.717) is 0 Å². The van der Waals surface area contributed by atoms with Gasteiger partial charge in [-0.2, -0.15) is 0 Å². The molecule has 8 heteroatoms. The number of nitro benzene ring substituents is 1. The predicted molar refractivity (Wildman–Crippen MR) is 61.9 cm³/mol. The standard InChI is InChI=1S/C9H13N3O4S/c1-7(10)6-11-17(15,16)9-5-3-2-4-8(9)12(13)14/h2-5,7,11H,6,10H2,1H3. The van der Waals surface area contributed by atoms with Crippen molar-refractivity contribution in [2.75, 3.05) is 6.54 Å². The molecule has 0 aliphatic heterocycles. The summed E-state index contributed by atoms with van der Waals surface area (Å²) >= 11 is 0. The van der Waals surface area contributed by atoms with E-state index in [1.54, 1.807) is 6.92 Å². The Morgan fingerprint density at radius 1 is 1.47 bits per heavy atom. The maximum Gasteiger partial charge on any atom is 0.289 e. The van der Waals surface area contributed by atoms with Crippen LogP contribution in [0.3, 0.4) is 0 Å². The van der Waals surface area contributed by atoms with E-state index in [1.165, 1.54) is 18.2 Å². The van der Waals surface area contributed by atoms with Gasteiger partial charge in [0, 0.05) is 18.7 Å². The Balaban J connectivity index is 3.11. The minimum atomic E-state index is -3.90. The lowest BCUT2D eigenvalue weighted by Gasteiger charge is -2.08. The van der Waals surface area contributed by atoms with Gasteiger partial charge >= 0.3 is 0 Å². The van der Waals surface area contributed by atoms with Crippen molar-refractivity contribution in [1.29, 1.82) is 0 Å². The summed E-state index contributed by atoms with van der Waals surface area (Å²) in [5.41, 5.74) is 4.96. The minimum absolute atomic E-state index is 0.0222. The van der Waals surface area contributed by atoms with E-state index in [9.17, 15) is 18.5 Å². The monoisotopic (exact) mass is 259 g/mol. The molecule has 0 fully saturated rings. The molecule has 94 valence electrons. The molecule has 1 aromatic rings. The van der Waals surface area contributed by atoms with Crippen LogP contribution < -0.4 is 10.5 Å². The van der Waals surface area contributed by atoms with E-state index in [4.69, 9.17) is 5.73 Å². The molecule has 0 aliphatic rings. The van der Waals surface area contributed by atoms with Crippen molar-refractivity contribution in [2.24, 2.45) is 5.73 Å². The number of hydrogen-bond donors (Lipinski definition) is 2. The molecule has 0 saturated carbocycles. The van der Waals surface area contributed by atoms with Crippen molar-refractivity contribution >= 4 is 15.7 Å². The molecule has 17 heavy (non-hydrogen) atoms. The summed E-state index contributed by atoms with van der Waals surface area (Å²) in [6.07, 6.45) is 0. The van der Waals surface area contributed by atoms with Crippen LogP contribution in [0.5, 0.6) is 0 Å². The molecule has 7 nitrogen and oxygen atoms in total. The van der Waals surface area contributed by atoms with E-state index < -0.39 is 20.6 Å². The summed E-state index contributed by atoms with van der Waals surface area (Å²) in [6.45, 7) is 1.65. The van der Waals surface area contributed by atoms with Crippen molar-refractivity contribution in [3.63, 3.8) is 0 Å². The van der Waals surface area contributed by atoms with E-state index in [1.807, 2.05) is 0 Å². The molecule has 3 N–H and O–H groups in total. The third kappa shape index (κ3) is 3.48. The highest BCUT2D eigenvalue weighted by Crippen LogP contribution is 2.22. The fourth-order valence-electron chi connectivity index (χ4n) is 1.15. The summed E-state index contributed by atoms with van der Waals surface area (Å²) in [7, 11) is -3.90. The van der Waals surface area contributed by atoms with Gasteiger partial charge in [0.15, 0.2) is 4.90 Å². The molecule has 1 rings (SSSR count). The van der Waals surface area contributed by atoms with Crippen molar-refractivity contribution in [3.8, 4) is 0 Å². The lowest BCUT2D eigenvalue weighted by atomic mass is 10.3. The zero-order valence-electron chi connectivity index (χ0n) is 9.16. The van der Waals surface area contributed by atoms with Gasteiger partial charge in [0.2, 0.25) is 10.0 Å². The topological polar surface area (TPSA) is 115 Å². The van der Waals surface area contributed by atoms with Gasteiger partial charge in [0.25, 0.3) is 5.69 Å². The molecular weight excluding hydrogens is 246 g/mol. The summed E-state index contributed by atoms with van der Waals surface area (Å²) < 4.78 is 25.8. The van der Waals surface area contributed by atoms with Crippen LogP contribution in [0.15, 0.2) is 29.2 Å². The van der Waals surface area contributed by atoms with Crippen molar-refractivity contribution in [1.82, 2.24) is 4.72 Å². The molecular formula is C9H13N3O4S. The molecule has 0 spiro atoms. The second-order valence-electron chi connectivity index (χ2n) is 3.55. The number of nitro groups is 1. The fraction of sp³-hybridized carbons (Fsp3) is 0.333. The van der Waals surface area contributed by atoms with Crippen molar-refractivity contribution in [3.05, 3.63) is 34.4 Å². The predicted octanol–water partition coefficient (Wildman–Crippen LogP) is 0.220. The molecule has 0 bridgehead atoms. The van der Waals surface area contributed by atoms with Gasteiger partial charge < -0.3 is 5.73 Å². The number of nitrogens with one attached hydrogen (secondary N) is 1. The molecule has 0 radical (unpaired) electrons. The zero-order chi connectivity index (χ0) is 13.1. The Hall–Kier alpha value is -1.51. The Morgan fingerprint density at radius 2 is 2.06 bits per heavy atom. The molecule has 0 aromatic heterocycles. The van der Waals surface area contributed by atoms with Crippen molar-refractivity contribution < 1.29 is 13.3 Å². The number of rotatable bonds is 5. The summed E-state index contributed by atoms with van der Waals surface area (Å²) in [5.74, 6) is 0. The number of hydrogen-bond acceptors (Lipinski definition) is 5. The van der Waals surface area contributed by atoms with Gasteiger partial charge in [0.1, 0.15) is 0 Å². The summed E-state index contributed by atoms with van der Waals surface area (Å²) in [6, 6.07) is 4.78. The third-order valence-electron chi connectivity index (χ3n) is 1.95. The first-order chi connectivity index (χ1) is 7.84. The highest BCUT2D eigenvalue weighted by atomic mass is 32.2. The van der Waals surface area contributed by atoms with E-state index >= 15 is 0 Å². The number of nitrogens with two attached hydrogens (primary N) is 1. The van der Waals surface area contributed by atoms with E-state index in [0.717, 1.165) is 6.07 Å². The quantitative estimate of drug-likeness (QED) is 0.579. The van der Waals surface area contributed by atoms with Crippen LogP contribution in [0.1, 0.15) is 6.92 Å². The van der Waals surface area contributed by atoms with Gasteiger partial charge in [-0.05, 0) is 13.0 Å². The van der Waals surface area contributed by atoms with Crippen LogP contribution in [-0.2, 0) is 10.0 Å². The van der Waals surface area contributed by atoms with Gasteiger partial charge in [-0.1, -0.05) is 12.1 Å². The SMILES string of the molecule is CC(N)CNS(=O)(=O)c1ccccc1[N+](=O)[O-]. The fourth-order valence-corrected chi connectivity index (χ4v) is 2.47. The number of sulfonamides is 1. The van der Waals surface area contributed by atoms with Crippen LogP contribution in [0, 0.1) is 10.1 Å². The van der Waals surface area contributed by atoms with Gasteiger partial charge in [-0.15, -0.1) is 0 Å². The molecule has 0 amide bonds. The summed E-state index contributed by atoms with van der Waals surface area (Å²) in [5, 5.41) is 10.7. The number of para-hydroxylation sites is 1. The highest BCUT2D eigenvalue weighted by Gasteiger charge is 2.24. The van der Waals surface area contributed by atoms with Crippen LogP contribution in [0.25, 0.3) is 0 Å². The lowest BCUT2D eigenvalue weighted by Crippen LogP contribution is -2.35. The van der Waals surface area contributed by atoms with Crippen LogP contribution in [0.2, 0.25) is 0 Å². The normalized spacial score (nSPS) is 13.3. The maximum absolute atomic E-state index is 11.8. The summed E-state index contributed by atoms with van der Waals surface area (Å²) in [4.78, 5) is 9.60. The largest absolute Gasteiger partial charge is 0.327 e. The highest BCUT2D eigenvalue weighted by molar-refractivity contribution is 7.89. The van der Waals surface area contributed by atoms with Gasteiger partial charge in [-0.25, -0.2) is 13.1 Å². The number of benzene rings is 1. The van der Waals surface area contributed by atoms with E-state index in [-0.39, 0.29) is 17.5 Å². The average Bonchev–Trinajstić information content (AvgIpc) is 2.26. The first-order valence-corrected chi connectivity index (χ1v) is 6.31. The first-order valence-electron chi connectivity index (χ1n) is 4.83. The van der Waals surface area contributed by atoms with Crippen molar-refractivity contribution in [2.45, 2.75) is 17.9 Å². The minimum Gasteiger partial charge on any atom is -0.327 e. The van der Waals surface area contributed by atoms with Crippen LogP contribution in [-0.4, -0.2) is 25.9 Å².